The molecule has 0 aliphatic heterocycles. The minimum atomic E-state index is -4.55. The third-order valence-electron chi connectivity index (χ3n) is 1.75. The number of carbonyl (C=O) groups excluding carboxylic acids is 1. The van der Waals surface area contributed by atoms with E-state index in [0.29, 0.717) is 0 Å². The first-order chi connectivity index (χ1) is 7.57. The quantitative estimate of drug-likeness (QED) is 0.603. The van der Waals surface area contributed by atoms with Crippen LogP contribution in [0.4, 0.5) is 22.0 Å². The molecule has 1 unspecified atom stereocenters. The largest absolute Gasteiger partial charge is 0.405 e. The molecule has 1 atom stereocenters. The normalized spacial score (nSPS) is 14.5. The van der Waals surface area contributed by atoms with Gasteiger partial charge < -0.3 is 15.7 Å². The highest BCUT2D eigenvalue weighted by atomic mass is 19.4. The van der Waals surface area contributed by atoms with E-state index in [9.17, 15) is 26.7 Å². The van der Waals surface area contributed by atoms with Crippen LogP contribution in [-0.4, -0.2) is 48.9 Å². The van der Waals surface area contributed by atoms with Gasteiger partial charge in [-0.15, -0.1) is 0 Å². The number of alkyl halides is 5. The zero-order valence-corrected chi connectivity index (χ0v) is 8.94. The van der Waals surface area contributed by atoms with Crippen molar-refractivity contribution in [3.8, 4) is 0 Å². The molecule has 3 N–H and O–H groups in total. The summed E-state index contributed by atoms with van der Waals surface area (Å²) in [5.41, 5.74) is 0. The SMILES string of the molecule is CC(NCC(F)(F)CO)C(=O)NCC(F)(F)F. The summed E-state index contributed by atoms with van der Waals surface area (Å²) in [6, 6.07) is -1.21. The molecule has 17 heavy (non-hydrogen) atoms. The first kappa shape index (κ1) is 16.0. The fourth-order valence-electron chi connectivity index (χ4n) is 0.791. The van der Waals surface area contributed by atoms with Crippen molar-refractivity contribution >= 4 is 5.91 Å². The van der Waals surface area contributed by atoms with Gasteiger partial charge in [0.15, 0.2) is 0 Å². The summed E-state index contributed by atoms with van der Waals surface area (Å²) in [5, 5.41) is 11.8. The standard InChI is InChI=1S/C8H13F5N2O2/c1-5(14-2-7(9,10)4-16)6(17)15-3-8(11,12)13/h5,14,16H,2-4H2,1H3,(H,15,17). The fourth-order valence-corrected chi connectivity index (χ4v) is 0.791. The Morgan fingerprint density at radius 1 is 1.24 bits per heavy atom. The van der Waals surface area contributed by atoms with Crippen LogP contribution in [0.1, 0.15) is 6.92 Å². The number of aliphatic hydroxyl groups excluding tert-OH is 1. The van der Waals surface area contributed by atoms with Gasteiger partial charge in [0.1, 0.15) is 13.2 Å². The summed E-state index contributed by atoms with van der Waals surface area (Å²) in [4.78, 5) is 11.0. The van der Waals surface area contributed by atoms with E-state index in [-0.39, 0.29) is 0 Å². The van der Waals surface area contributed by atoms with Gasteiger partial charge in [-0.1, -0.05) is 0 Å². The number of amides is 1. The van der Waals surface area contributed by atoms with Crippen molar-refractivity contribution in [2.24, 2.45) is 0 Å². The molecular formula is C8H13F5N2O2. The van der Waals surface area contributed by atoms with Gasteiger partial charge in [-0.2, -0.15) is 13.2 Å². The Labute approximate surface area is 94.2 Å². The second kappa shape index (κ2) is 6.10. The molecule has 0 bridgehead atoms. The van der Waals surface area contributed by atoms with E-state index in [0.717, 1.165) is 6.92 Å². The minimum Gasteiger partial charge on any atom is -0.390 e. The first-order valence-corrected chi connectivity index (χ1v) is 4.64. The monoisotopic (exact) mass is 264 g/mol. The molecule has 102 valence electrons. The molecular weight excluding hydrogens is 251 g/mol. The number of hydrogen-bond acceptors (Lipinski definition) is 3. The molecule has 0 saturated carbocycles. The Morgan fingerprint density at radius 2 is 1.76 bits per heavy atom. The molecule has 1 amide bonds. The van der Waals surface area contributed by atoms with E-state index in [1.54, 1.807) is 5.32 Å². The molecule has 0 aliphatic carbocycles. The van der Waals surface area contributed by atoms with Crippen molar-refractivity contribution < 1.29 is 31.9 Å². The molecule has 0 radical (unpaired) electrons. The minimum absolute atomic E-state index is 0.996. The van der Waals surface area contributed by atoms with E-state index >= 15 is 0 Å². The lowest BCUT2D eigenvalue weighted by atomic mass is 10.2. The van der Waals surface area contributed by atoms with E-state index in [2.05, 4.69) is 0 Å². The Kier molecular flexibility index (Phi) is 5.76. The Hall–Kier alpha value is -0.960. The van der Waals surface area contributed by atoms with Gasteiger partial charge >= 0.3 is 6.18 Å². The van der Waals surface area contributed by atoms with E-state index < -0.39 is 43.7 Å². The third kappa shape index (κ3) is 7.86. The van der Waals surface area contributed by atoms with Crippen LogP contribution in [0, 0.1) is 0 Å². The highest BCUT2D eigenvalue weighted by molar-refractivity contribution is 5.81. The molecule has 0 aromatic heterocycles. The van der Waals surface area contributed by atoms with Crippen molar-refractivity contribution in [1.29, 1.82) is 0 Å². The molecule has 0 fully saturated rings. The summed E-state index contributed by atoms with van der Waals surface area (Å²) in [5.74, 6) is -4.46. The molecule has 0 aliphatic rings. The van der Waals surface area contributed by atoms with E-state index in [1.165, 1.54) is 0 Å². The molecule has 0 spiro atoms. The Bertz CT molecular complexity index is 257. The van der Waals surface area contributed by atoms with Crippen LogP contribution in [0.3, 0.4) is 0 Å². The molecule has 0 heterocycles. The average molecular weight is 264 g/mol. The Morgan fingerprint density at radius 3 is 2.18 bits per heavy atom. The van der Waals surface area contributed by atoms with Gasteiger partial charge in [0.05, 0.1) is 12.6 Å². The third-order valence-corrected chi connectivity index (χ3v) is 1.75. The van der Waals surface area contributed by atoms with Gasteiger partial charge in [0, 0.05) is 0 Å². The zero-order valence-electron chi connectivity index (χ0n) is 8.94. The van der Waals surface area contributed by atoms with Crippen LogP contribution >= 0.6 is 0 Å². The van der Waals surface area contributed by atoms with Gasteiger partial charge in [-0.3, -0.25) is 4.79 Å². The van der Waals surface area contributed by atoms with Crippen LogP contribution < -0.4 is 10.6 Å². The average Bonchev–Trinajstić information content (AvgIpc) is 2.21. The van der Waals surface area contributed by atoms with Gasteiger partial charge in [-0.05, 0) is 6.92 Å². The van der Waals surface area contributed by atoms with Gasteiger partial charge in [0.25, 0.3) is 5.92 Å². The fraction of sp³-hybridized carbons (Fsp3) is 0.875. The summed E-state index contributed by atoms with van der Waals surface area (Å²) < 4.78 is 60.2. The lowest BCUT2D eigenvalue weighted by Crippen LogP contribution is -2.48. The van der Waals surface area contributed by atoms with Crippen LogP contribution in [-0.2, 0) is 4.79 Å². The van der Waals surface area contributed by atoms with Gasteiger partial charge in [-0.25, -0.2) is 8.78 Å². The van der Waals surface area contributed by atoms with Crippen LogP contribution in [0.25, 0.3) is 0 Å². The predicted molar refractivity (Wildman–Crippen MR) is 48.6 cm³/mol. The molecule has 0 aromatic rings. The topological polar surface area (TPSA) is 61.4 Å². The number of carbonyl (C=O) groups is 1. The maximum absolute atomic E-state index is 12.5. The predicted octanol–water partition coefficient (Wildman–Crippen LogP) is 0.271. The van der Waals surface area contributed by atoms with Crippen molar-refractivity contribution in [2.75, 3.05) is 19.7 Å². The second-order valence-corrected chi connectivity index (χ2v) is 3.45. The second-order valence-electron chi connectivity index (χ2n) is 3.45. The zero-order chi connectivity index (χ0) is 13.7. The van der Waals surface area contributed by atoms with E-state index in [1.807, 2.05) is 5.32 Å². The maximum Gasteiger partial charge on any atom is 0.405 e. The number of aliphatic hydroxyl groups is 1. The number of nitrogens with one attached hydrogen (secondary N) is 2. The summed E-state index contributed by atoms with van der Waals surface area (Å²) in [6.07, 6.45) is -4.55. The first-order valence-electron chi connectivity index (χ1n) is 4.64. The smallest absolute Gasteiger partial charge is 0.390 e. The molecule has 4 nitrogen and oxygen atoms in total. The van der Waals surface area contributed by atoms with Crippen LogP contribution in [0.5, 0.6) is 0 Å². The lowest BCUT2D eigenvalue weighted by molar-refractivity contribution is -0.139. The van der Waals surface area contributed by atoms with Crippen molar-refractivity contribution in [2.45, 2.75) is 25.1 Å². The number of halogens is 5. The van der Waals surface area contributed by atoms with E-state index in [4.69, 9.17) is 5.11 Å². The summed E-state index contributed by atoms with van der Waals surface area (Å²) in [7, 11) is 0. The Balaban J connectivity index is 3.99. The van der Waals surface area contributed by atoms with Crippen LogP contribution in [0.15, 0.2) is 0 Å². The number of rotatable bonds is 6. The number of hydrogen-bond donors (Lipinski definition) is 3. The molecule has 0 saturated heterocycles. The van der Waals surface area contributed by atoms with Crippen molar-refractivity contribution in [3.63, 3.8) is 0 Å². The van der Waals surface area contributed by atoms with Gasteiger partial charge in [0.2, 0.25) is 5.91 Å². The lowest BCUT2D eigenvalue weighted by Gasteiger charge is -2.18. The van der Waals surface area contributed by atoms with Crippen molar-refractivity contribution in [3.05, 3.63) is 0 Å². The molecule has 9 heteroatoms. The van der Waals surface area contributed by atoms with Crippen molar-refractivity contribution in [1.82, 2.24) is 10.6 Å². The van der Waals surface area contributed by atoms with Crippen LogP contribution in [0.2, 0.25) is 0 Å². The maximum atomic E-state index is 12.5. The summed E-state index contributed by atoms with van der Waals surface area (Å²) in [6.45, 7) is -2.78. The summed E-state index contributed by atoms with van der Waals surface area (Å²) >= 11 is 0. The highest BCUT2D eigenvalue weighted by Gasteiger charge is 2.31. The molecule has 0 rings (SSSR count). The molecule has 0 aromatic carbocycles. The highest BCUT2D eigenvalue weighted by Crippen LogP contribution is 2.12.